The summed E-state index contributed by atoms with van der Waals surface area (Å²) in [5.41, 5.74) is 0. The van der Waals surface area contributed by atoms with Crippen molar-refractivity contribution in [2.75, 3.05) is 13.2 Å². The average Bonchev–Trinajstić information content (AvgIpc) is 2.32. The maximum atomic E-state index is 9.18. The maximum absolute atomic E-state index is 9.18. The van der Waals surface area contributed by atoms with Crippen LogP contribution in [0.3, 0.4) is 0 Å². The molecule has 1 aliphatic heterocycles. The van der Waals surface area contributed by atoms with E-state index in [2.05, 4.69) is 5.32 Å². The molecule has 1 saturated heterocycles. The predicted molar refractivity (Wildman–Crippen MR) is 44.1 cm³/mol. The molecule has 74 valence electrons. The van der Waals surface area contributed by atoms with E-state index in [0.717, 1.165) is 0 Å². The fourth-order valence-corrected chi connectivity index (χ4v) is 1.21. The van der Waals surface area contributed by atoms with Gasteiger partial charge in [-0.05, 0) is 0 Å². The zero-order valence-corrected chi connectivity index (χ0v) is 7.24. The van der Waals surface area contributed by atoms with Gasteiger partial charge in [0.25, 0.3) is 0 Å². The van der Waals surface area contributed by atoms with E-state index >= 15 is 0 Å². The van der Waals surface area contributed by atoms with E-state index in [0.29, 0.717) is 0 Å². The maximum Gasteiger partial charge on any atom is 0.0990 e. The van der Waals surface area contributed by atoms with Gasteiger partial charge in [0, 0.05) is 6.54 Å². The van der Waals surface area contributed by atoms with Gasteiger partial charge < -0.3 is 25.7 Å². The SMILES string of the molecule is Cl.OCC(O)[C@H]1NCC(O)C1O. The van der Waals surface area contributed by atoms with Gasteiger partial charge in [0.15, 0.2) is 0 Å². The van der Waals surface area contributed by atoms with Crippen LogP contribution in [-0.4, -0.2) is 57.9 Å². The van der Waals surface area contributed by atoms with E-state index in [4.69, 9.17) is 15.3 Å². The van der Waals surface area contributed by atoms with Crippen molar-refractivity contribution >= 4 is 12.4 Å². The van der Waals surface area contributed by atoms with E-state index in [1.165, 1.54) is 0 Å². The topological polar surface area (TPSA) is 93.0 Å². The fourth-order valence-electron chi connectivity index (χ4n) is 1.21. The average molecular weight is 200 g/mol. The second-order valence-corrected chi connectivity index (χ2v) is 2.74. The van der Waals surface area contributed by atoms with E-state index in [1.807, 2.05) is 0 Å². The van der Waals surface area contributed by atoms with E-state index < -0.39 is 31.0 Å². The lowest BCUT2D eigenvalue weighted by molar-refractivity contribution is -0.00977. The first-order valence-corrected chi connectivity index (χ1v) is 3.55. The molecule has 5 N–H and O–H groups in total. The molecule has 0 aromatic heterocycles. The number of hydrogen-bond donors (Lipinski definition) is 5. The van der Waals surface area contributed by atoms with Crippen molar-refractivity contribution in [3.8, 4) is 0 Å². The van der Waals surface area contributed by atoms with Crippen molar-refractivity contribution in [2.24, 2.45) is 0 Å². The molecule has 0 bridgehead atoms. The molecule has 0 aliphatic carbocycles. The molecule has 0 radical (unpaired) electrons. The normalized spacial score (nSPS) is 37.5. The lowest BCUT2D eigenvalue weighted by Gasteiger charge is -2.19. The van der Waals surface area contributed by atoms with Gasteiger partial charge in [0.2, 0.25) is 0 Å². The Morgan fingerprint density at radius 3 is 2.33 bits per heavy atom. The summed E-state index contributed by atoms with van der Waals surface area (Å²) < 4.78 is 0. The molecule has 3 unspecified atom stereocenters. The second kappa shape index (κ2) is 4.96. The van der Waals surface area contributed by atoms with Crippen LogP contribution in [0.5, 0.6) is 0 Å². The summed E-state index contributed by atoms with van der Waals surface area (Å²) in [6.45, 7) is -0.162. The number of halogens is 1. The number of rotatable bonds is 2. The number of nitrogens with one attached hydrogen (secondary N) is 1. The Morgan fingerprint density at radius 1 is 1.42 bits per heavy atom. The van der Waals surface area contributed by atoms with Gasteiger partial charge in [-0.25, -0.2) is 0 Å². The van der Waals surface area contributed by atoms with Crippen molar-refractivity contribution in [1.29, 1.82) is 0 Å². The van der Waals surface area contributed by atoms with Crippen molar-refractivity contribution in [1.82, 2.24) is 5.32 Å². The quantitative estimate of drug-likeness (QED) is 0.338. The summed E-state index contributed by atoms with van der Waals surface area (Å²) >= 11 is 0. The highest BCUT2D eigenvalue weighted by Crippen LogP contribution is 2.10. The van der Waals surface area contributed by atoms with Crippen LogP contribution in [0.1, 0.15) is 0 Å². The zero-order chi connectivity index (χ0) is 8.43. The standard InChI is InChI=1S/C6H13NO4.ClH/c8-2-4(10)5-6(11)3(9)1-7-5;/h3-11H,1-2H2;1H/t3?,4?,5-,6?;/m1./s1. The first kappa shape index (κ1) is 12.1. The summed E-state index contributed by atoms with van der Waals surface area (Å²) in [5.74, 6) is 0. The molecule has 0 saturated carbocycles. The Hall–Kier alpha value is 0.0900. The summed E-state index contributed by atoms with van der Waals surface area (Å²) in [7, 11) is 0. The Labute approximate surface area is 76.4 Å². The first-order chi connectivity index (χ1) is 5.16. The molecule has 0 spiro atoms. The molecular formula is C6H14ClNO4. The molecular weight excluding hydrogens is 186 g/mol. The molecule has 4 atom stereocenters. The van der Waals surface area contributed by atoms with Crippen LogP contribution in [0.25, 0.3) is 0 Å². The van der Waals surface area contributed by atoms with Gasteiger partial charge in [-0.2, -0.15) is 0 Å². The predicted octanol–water partition coefficient (Wildman–Crippen LogP) is -2.54. The summed E-state index contributed by atoms with van der Waals surface area (Å²) in [6, 6.07) is -0.616. The third-order valence-electron chi connectivity index (χ3n) is 1.93. The molecule has 0 aromatic carbocycles. The van der Waals surface area contributed by atoms with Gasteiger partial charge in [-0.1, -0.05) is 0 Å². The minimum Gasteiger partial charge on any atom is -0.394 e. The van der Waals surface area contributed by atoms with Gasteiger partial charge in [-0.15, -0.1) is 12.4 Å². The molecule has 0 amide bonds. The molecule has 1 aliphatic rings. The Balaban J connectivity index is 0.00000121. The van der Waals surface area contributed by atoms with Gasteiger partial charge in [-0.3, -0.25) is 0 Å². The molecule has 12 heavy (non-hydrogen) atoms. The molecule has 6 heteroatoms. The van der Waals surface area contributed by atoms with Crippen molar-refractivity contribution in [3.05, 3.63) is 0 Å². The summed E-state index contributed by atoms with van der Waals surface area (Å²) in [5, 5.41) is 38.5. The monoisotopic (exact) mass is 199 g/mol. The number of aliphatic hydroxyl groups excluding tert-OH is 4. The third kappa shape index (κ3) is 2.29. The van der Waals surface area contributed by atoms with Gasteiger partial charge in [0.05, 0.1) is 31.0 Å². The third-order valence-corrected chi connectivity index (χ3v) is 1.93. The highest BCUT2D eigenvalue weighted by molar-refractivity contribution is 5.85. The summed E-state index contributed by atoms with van der Waals surface area (Å²) in [6.07, 6.45) is -2.85. The Bertz CT molecular complexity index is 137. The van der Waals surface area contributed by atoms with E-state index in [9.17, 15) is 5.11 Å². The van der Waals surface area contributed by atoms with Crippen LogP contribution >= 0.6 is 12.4 Å². The number of β-amino-alcohol motifs (C(OH)–C–C–N with tert-alkyl or cyclic N) is 1. The lowest BCUT2D eigenvalue weighted by atomic mass is 10.1. The molecule has 0 aromatic rings. The van der Waals surface area contributed by atoms with Gasteiger partial charge >= 0.3 is 0 Å². The Morgan fingerprint density at radius 2 is 2.00 bits per heavy atom. The number of hydrogen-bond acceptors (Lipinski definition) is 5. The minimum absolute atomic E-state index is 0. The van der Waals surface area contributed by atoms with Crippen LogP contribution in [0.15, 0.2) is 0 Å². The van der Waals surface area contributed by atoms with Crippen LogP contribution in [-0.2, 0) is 0 Å². The number of aliphatic hydroxyl groups is 4. The van der Waals surface area contributed by atoms with Crippen molar-refractivity contribution < 1.29 is 20.4 Å². The van der Waals surface area contributed by atoms with E-state index in [-0.39, 0.29) is 19.0 Å². The first-order valence-electron chi connectivity index (χ1n) is 3.55. The highest BCUT2D eigenvalue weighted by atomic mass is 35.5. The van der Waals surface area contributed by atoms with E-state index in [1.54, 1.807) is 0 Å². The molecule has 1 rings (SSSR count). The van der Waals surface area contributed by atoms with Crippen LogP contribution < -0.4 is 5.32 Å². The largest absolute Gasteiger partial charge is 0.394 e. The molecule has 5 nitrogen and oxygen atoms in total. The lowest BCUT2D eigenvalue weighted by Crippen LogP contribution is -2.44. The smallest absolute Gasteiger partial charge is 0.0990 e. The second-order valence-electron chi connectivity index (χ2n) is 2.74. The molecule has 1 fully saturated rings. The van der Waals surface area contributed by atoms with Crippen molar-refractivity contribution in [2.45, 2.75) is 24.4 Å². The van der Waals surface area contributed by atoms with Crippen molar-refractivity contribution in [3.63, 3.8) is 0 Å². The van der Waals surface area contributed by atoms with Crippen LogP contribution in [0, 0.1) is 0 Å². The van der Waals surface area contributed by atoms with Gasteiger partial charge in [0.1, 0.15) is 0 Å². The zero-order valence-electron chi connectivity index (χ0n) is 6.42. The van der Waals surface area contributed by atoms with Crippen LogP contribution in [0.4, 0.5) is 0 Å². The summed E-state index contributed by atoms with van der Waals surface area (Å²) in [4.78, 5) is 0. The minimum atomic E-state index is -1.01. The highest BCUT2D eigenvalue weighted by Gasteiger charge is 2.36. The molecule has 1 heterocycles. The van der Waals surface area contributed by atoms with Crippen LogP contribution in [0.2, 0.25) is 0 Å². The fraction of sp³-hybridized carbons (Fsp3) is 1.00. The Kier molecular flexibility index (Phi) is 5.00.